The zero-order valence-corrected chi connectivity index (χ0v) is 14.7. The molecule has 5 heteroatoms. The summed E-state index contributed by atoms with van der Waals surface area (Å²) in [4.78, 5) is 4.77. The number of rotatable bonds is 4. The van der Waals surface area contributed by atoms with Crippen LogP contribution in [0, 0.1) is 0 Å². The first kappa shape index (κ1) is 16.2. The van der Waals surface area contributed by atoms with Gasteiger partial charge in [-0.05, 0) is 18.2 Å². The number of halogens is 1. The van der Waals surface area contributed by atoms with Crippen molar-refractivity contribution in [2.24, 2.45) is 0 Å². The smallest absolute Gasteiger partial charge is 0.151 e. The molecule has 4 rings (SSSR count). The number of hydrogen-bond acceptors (Lipinski definition) is 4. The van der Waals surface area contributed by atoms with Gasteiger partial charge in [-0.15, -0.1) is 0 Å². The van der Waals surface area contributed by atoms with Crippen LogP contribution in [-0.2, 0) is 6.54 Å². The Balaban J connectivity index is 1.35. The lowest BCUT2D eigenvalue weighted by Gasteiger charge is -2.35. The van der Waals surface area contributed by atoms with Gasteiger partial charge in [-0.3, -0.25) is 4.90 Å². The quantitative estimate of drug-likeness (QED) is 0.699. The third-order valence-corrected chi connectivity index (χ3v) is 4.79. The predicted octanol–water partition coefficient (Wildman–Crippen LogP) is 4.32. The molecule has 0 bridgehead atoms. The van der Waals surface area contributed by atoms with Gasteiger partial charge in [0.1, 0.15) is 5.69 Å². The zero-order chi connectivity index (χ0) is 17.1. The Morgan fingerprint density at radius 3 is 2.48 bits per heavy atom. The highest BCUT2D eigenvalue weighted by Gasteiger charge is 2.19. The Morgan fingerprint density at radius 1 is 0.920 bits per heavy atom. The molecule has 1 saturated heterocycles. The second-order valence-electron chi connectivity index (χ2n) is 6.29. The van der Waals surface area contributed by atoms with Gasteiger partial charge in [0.2, 0.25) is 0 Å². The van der Waals surface area contributed by atoms with Gasteiger partial charge in [0.05, 0.1) is 6.54 Å². The number of anilines is 1. The molecule has 4 nitrogen and oxygen atoms in total. The Bertz CT molecular complexity index is 826. The van der Waals surface area contributed by atoms with E-state index in [9.17, 15) is 0 Å². The van der Waals surface area contributed by atoms with E-state index >= 15 is 0 Å². The molecular weight excluding hydrogens is 334 g/mol. The molecule has 0 unspecified atom stereocenters. The van der Waals surface area contributed by atoms with Crippen LogP contribution in [0.1, 0.15) is 5.76 Å². The molecule has 25 heavy (non-hydrogen) atoms. The van der Waals surface area contributed by atoms with Crippen molar-refractivity contribution < 1.29 is 4.52 Å². The van der Waals surface area contributed by atoms with E-state index < -0.39 is 0 Å². The standard InChI is InChI=1S/C20H20ClN3O/c21-17-7-4-8-18(13-17)24-11-9-23(10-12-24)15-19-14-20(22-25-19)16-5-2-1-3-6-16/h1-8,13-14H,9-12,15H2. The van der Waals surface area contributed by atoms with E-state index in [4.69, 9.17) is 16.1 Å². The number of hydrogen-bond donors (Lipinski definition) is 0. The topological polar surface area (TPSA) is 32.5 Å². The minimum Gasteiger partial charge on any atom is -0.369 e. The molecule has 2 aromatic carbocycles. The van der Waals surface area contributed by atoms with Gasteiger partial charge in [0.25, 0.3) is 0 Å². The van der Waals surface area contributed by atoms with E-state index in [0.29, 0.717) is 0 Å². The first-order chi connectivity index (χ1) is 12.3. The van der Waals surface area contributed by atoms with E-state index in [-0.39, 0.29) is 0 Å². The lowest BCUT2D eigenvalue weighted by atomic mass is 10.1. The van der Waals surface area contributed by atoms with Gasteiger partial charge in [-0.25, -0.2) is 0 Å². The molecule has 1 aromatic heterocycles. The van der Waals surface area contributed by atoms with Crippen LogP contribution >= 0.6 is 11.6 Å². The van der Waals surface area contributed by atoms with Crippen molar-refractivity contribution in [3.8, 4) is 11.3 Å². The van der Waals surface area contributed by atoms with E-state index in [1.54, 1.807) is 0 Å². The fourth-order valence-electron chi connectivity index (χ4n) is 3.19. The summed E-state index contributed by atoms with van der Waals surface area (Å²) in [6, 6.07) is 20.2. The van der Waals surface area contributed by atoms with Gasteiger partial charge in [0, 0.05) is 48.5 Å². The molecule has 1 aliphatic rings. The van der Waals surface area contributed by atoms with E-state index in [2.05, 4.69) is 21.0 Å². The van der Waals surface area contributed by atoms with Gasteiger partial charge in [-0.1, -0.05) is 53.2 Å². The van der Waals surface area contributed by atoms with E-state index in [1.807, 2.05) is 54.6 Å². The molecule has 0 aliphatic carbocycles. The Hall–Kier alpha value is -2.30. The summed E-state index contributed by atoms with van der Waals surface area (Å²) in [7, 11) is 0. The van der Waals surface area contributed by atoms with Crippen molar-refractivity contribution in [1.82, 2.24) is 10.1 Å². The lowest BCUT2D eigenvalue weighted by Crippen LogP contribution is -2.45. The third kappa shape index (κ3) is 3.86. The van der Waals surface area contributed by atoms with Crippen LogP contribution in [0.15, 0.2) is 65.2 Å². The molecule has 1 aliphatic heterocycles. The SMILES string of the molecule is Clc1cccc(N2CCN(Cc3cc(-c4ccccc4)no3)CC2)c1. The molecule has 1 fully saturated rings. The van der Waals surface area contributed by atoms with Gasteiger partial charge >= 0.3 is 0 Å². The lowest BCUT2D eigenvalue weighted by molar-refractivity contribution is 0.220. The van der Waals surface area contributed by atoms with Crippen LogP contribution in [0.5, 0.6) is 0 Å². The predicted molar refractivity (Wildman–Crippen MR) is 101 cm³/mol. The van der Waals surface area contributed by atoms with E-state index in [0.717, 1.165) is 54.8 Å². The summed E-state index contributed by atoms with van der Waals surface area (Å²) in [6.07, 6.45) is 0. The first-order valence-corrected chi connectivity index (χ1v) is 8.89. The highest BCUT2D eigenvalue weighted by Crippen LogP contribution is 2.22. The first-order valence-electron chi connectivity index (χ1n) is 8.52. The molecular formula is C20H20ClN3O. The van der Waals surface area contributed by atoms with Crippen molar-refractivity contribution in [3.63, 3.8) is 0 Å². The maximum Gasteiger partial charge on any atom is 0.151 e. The van der Waals surface area contributed by atoms with Crippen LogP contribution in [0.2, 0.25) is 5.02 Å². The van der Waals surface area contributed by atoms with Crippen molar-refractivity contribution in [1.29, 1.82) is 0 Å². The molecule has 0 atom stereocenters. The molecule has 128 valence electrons. The summed E-state index contributed by atoms with van der Waals surface area (Å²) < 4.78 is 5.53. The fraction of sp³-hybridized carbons (Fsp3) is 0.250. The summed E-state index contributed by atoms with van der Waals surface area (Å²) in [5.74, 6) is 0.912. The average molecular weight is 354 g/mol. The highest BCUT2D eigenvalue weighted by atomic mass is 35.5. The van der Waals surface area contributed by atoms with E-state index in [1.165, 1.54) is 5.69 Å². The summed E-state index contributed by atoms with van der Waals surface area (Å²) in [6.45, 7) is 4.75. The Kier molecular flexibility index (Phi) is 4.72. The molecule has 0 amide bonds. The largest absolute Gasteiger partial charge is 0.369 e. The zero-order valence-electron chi connectivity index (χ0n) is 13.9. The second kappa shape index (κ2) is 7.30. The maximum atomic E-state index is 6.10. The summed E-state index contributed by atoms with van der Waals surface area (Å²) in [5, 5.41) is 4.98. The van der Waals surface area contributed by atoms with Crippen molar-refractivity contribution in [2.75, 3.05) is 31.1 Å². The van der Waals surface area contributed by atoms with Crippen molar-refractivity contribution in [2.45, 2.75) is 6.54 Å². The number of piperazine rings is 1. The van der Waals surface area contributed by atoms with Crippen molar-refractivity contribution in [3.05, 3.63) is 71.4 Å². The maximum absolute atomic E-state index is 6.10. The van der Waals surface area contributed by atoms with Crippen LogP contribution in [0.25, 0.3) is 11.3 Å². The van der Waals surface area contributed by atoms with Gasteiger partial charge in [0.15, 0.2) is 5.76 Å². The third-order valence-electron chi connectivity index (χ3n) is 4.55. The van der Waals surface area contributed by atoms with Gasteiger partial charge < -0.3 is 9.42 Å². The minimum absolute atomic E-state index is 0.787. The number of nitrogens with zero attached hydrogens (tertiary/aromatic N) is 3. The molecule has 0 spiro atoms. The molecule has 0 radical (unpaired) electrons. The average Bonchev–Trinajstić information content (AvgIpc) is 3.12. The minimum atomic E-state index is 0.787. The van der Waals surface area contributed by atoms with Crippen LogP contribution in [-0.4, -0.2) is 36.2 Å². The second-order valence-corrected chi connectivity index (χ2v) is 6.72. The molecule has 3 aromatic rings. The summed E-state index contributed by atoms with van der Waals surface area (Å²) >= 11 is 6.10. The molecule has 2 heterocycles. The van der Waals surface area contributed by atoms with Gasteiger partial charge in [-0.2, -0.15) is 0 Å². The van der Waals surface area contributed by atoms with Crippen LogP contribution in [0.4, 0.5) is 5.69 Å². The Morgan fingerprint density at radius 2 is 1.72 bits per heavy atom. The van der Waals surface area contributed by atoms with Crippen molar-refractivity contribution >= 4 is 17.3 Å². The monoisotopic (exact) mass is 353 g/mol. The Labute approximate surface area is 152 Å². The normalized spacial score (nSPS) is 15.5. The van der Waals surface area contributed by atoms with Crippen LogP contribution < -0.4 is 4.90 Å². The molecule has 0 saturated carbocycles. The van der Waals surface area contributed by atoms with Crippen LogP contribution in [0.3, 0.4) is 0 Å². The molecule has 0 N–H and O–H groups in total. The highest BCUT2D eigenvalue weighted by molar-refractivity contribution is 6.30. The number of aromatic nitrogens is 1. The summed E-state index contributed by atoms with van der Waals surface area (Å²) in [5.41, 5.74) is 3.18. The fourth-order valence-corrected chi connectivity index (χ4v) is 3.37. The number of benzene rings is 2.